The molecule has 1 aliphatic heterocycles. The SMILES string of the molecule is CNC(C)C(C)(C)CN1CCN(C(C)(C)C)CC1. The van der Waals surface area contributed by atoms with Gasteiger partial charge >= 0.3 is 0 Å². The van der Waals surface area contributed by atoms with Gasteiger partial charge in [-0.3, -0.25) is 4.90 Å². The van der Waals surface area contributed by atoms with Crippen molar-refractivity contribution in [3.8, 4) is 0 Å². The number of nitrogens with zero attached hydrogens (tertiary/aromatic N) is 2. The number of rotatable bonds is 4. The van der Waals surface area contributed by atoms with Gasteiger partial charge in [0.15, 0.2) is 0 Å². The highest BCUT2D eigenvalue weighted by Gasteiger charge is 2.31. The summed E-state index contributed by atoms with van der Waals surface area (Å²) in [5, 5.41) is 3.39. The summed E-state index contributed by atoms with van der Waals surface area (Å²) in [5.74, 6) is 0. The Hall–Kier alpha value is -0.120. The highest BCUT2D eigenvalue weighted by atomic mass is 15.3. The molecule has 0 spiro atoms. The van der Waals surface area contributed by atoms with Crippen molar-refractivity contribution in [2.75, 3.05) is 39.8 Å². The van der Waals surface area contributed by atoms with Crippen LogP contribution < -0.4 is 5.32 Å². The second kappa shape index (κ2) is 5.89. The Morgan fingerprint density at radius 3 is 1.89 bits per heavy atom. The van der Waals surface area contributed by atoms with Crippen molar-refractivity contribution in [3.05, 3.63) is 0 Å². The van der Waals surface area contributed by atoms with E-state index in [4.69, 9.17) is 0 Å². The van der Waals surface area contributed by atoms with Crippen molar-refractivity contribution in [1.29, 1.82) is 0 Å². The monoisotopic (exact) mass is 255 g/mol. The number of hydrogen-bond acceptors (Lipinski definition) is 3. The van der Waals surface area contributed by atoms with Crippen LogP contribution in [0.25, 0.3) is 0 Å². The number of piperazine rings is 1. The normalized spacial score (nSPS) is 22.2. The van der Waals surface area contributed by atoms with Crippen molar-refractivity contribution < 1.29 is 0 Å². The summed E-state index contributed by atoms with van der Waals surface area (Å²) in [4.78, 5) is 5.22. The van der Waals surface area contributed by atoms with Crippen molar-refractivity contribution in [3.63, 3.8) is 0 Å². The van der Waals surface area contributed by atoms with Gasteiger partial charge in [-0.15, -0.1) is 0 Å². The summed E-state index contributed by atoms with van der Waals surface area (Å²) in [6, 6.07) is 0.554. The minimum Gasteiger partial charge on any atom is -0.317 e. The molecule has 0 aromatic rings. The summed E-state index contributed by atoms with van der Waals surface area (Å²) in [5.41, 5.74) is 0.651. The molecule has 1 aliphatic rings. The maximum atomic E-state index is 3.39. The van der Waals surface area contributed by atoms with Gasteiger partial charge in [-0.2, -0.15) is 0 Å². The maximum absolute atomic E-state index is 3.39. The fourth-order valence-corrected chi connectivity index (χ4v) is 2.68. The first kappa shape index (κ1) is 15.9. The molecule has 1 heterocycles. The van der Waals surface area contributed by atoms with Crippen LogP contribution in [0.15, 0.2) is 0 Å². The molecule has 0 aromatic carbocycles. The zero-order chi connectivity index (χ0) is 14.0. The molecule has 0 radical (unpaired) electrons. The first-order valence-electron chi connectivity index (χ1n) is 7.31. The van der Waals surface area contributed by atoms with Gasteiger partial charge in [0, 0.05) is 44.3 Å². The Labute approximate surface area is 114 Å². The van der Waals surface area contributed by atoms with Gasteiger partial charge in [-0.05, 0) is 40.2 Å². The lowest BCUT2D eigenvalue weighted by molar-refractivity contribution is 0.0400. The van der Waals surface area contributed by atoms with E-state index in [1.54, 1.807) is 0 Å². The lowest BCUT2D eigenvalue weighted by Crippen LogP contribution is -2.56. The predicted octanol–water partition coefficient (Wildman–Crippen LogP) is 2.04. The molecule has 1 N–H and O–H groups in total. The molecule has 0 amide bonds. The first-order valence-corrected chi connectivity index (χ1v) is 7.31. The maximum Gasteiger partial charge on any atom is 0.0126 e. The highest BCUT2D eigenvalue weighted by molar-refractivity contribution is 4.87. The largest absolute Gasteiger partial charge is 0.317 e. The third-order valence-corrected chi connectivity index (χ3v) is 4.56. The average Bonchev–Trinajstić information content (AvgIpc) is 2.26. The van der Waals surface area contributed by atoms with E-state index in [-0.39, 0.29) is 0 Å². The average molecular weight is 255 g/mol. The Morgan fingerprint density at radius 2 is 1.50 bits per heavy atom. The second-order valence-corrected chi connectivity index (χ2v) is 7.43. The van der Waals surface area contributed by atoms with Crippen LogP contribution in [0.4, 0.5) is 0 Å². The van der Waals surface area contributed by atoms with Gasteiger partial charge in [0.25, 0.3) is 0 Å². The zero-order valence-electron chi connectivity index (χ0n) is 13.5. The van der Waals surface area contributed by atoms with Gasteiger partial charge in [0.1, 0.15) is 0 Å². The van der Waals surface area contributed by atoms with E-state index in [1.807, 2.05) is 0 Å². The fourth-order valence-electron chi connectivity index (χ4n) is 2.68. The minimum atomic E-state index is 0.319. The van der Waals surface area contributed by atoms with Gasteiger partial charge in [-0.25, -0.2) is 0 Å². The smallest absolute Gasteiger partial charge is 0.0126 e. The van der Waals surface area contributed by atoms with Crippen molar-refractivity contribution >= 4 is 0 Å². The standard InChI is InChI=1S/C15H33N3/c1-13(16-7)15(5,6)12-17-8-10-18(11-9-17)14(2,3)4/h13,16H,8-12H2,1-7H3. The summed E-state index contributed by atoms with van der Waals surface area (Å²) in [7, 11) is 2.06. The quantitative estimate of drug-likeness (QED) is 0.829. The topological polar surface area (TPSA) is 18.5 Å². The molecular formula is C15H33N3. The minimum absolute atomic E-state index is 0.319. The summed E-state index contributed by atoms with van der Waals surface area (Å²) < 4.78 is 0. The fraction of sp³-hybridized carbons (Fsp3) is 1.00. The van der Waals surface area contributed by atoms with E-state index >= 15 is 0 Å². The zero-order valence-corrected chi connectivity index (χ0v) is 13.5. The third kappa shape index (κ3) is 4.22. The summed E-state index contributed by atoms with van der Waals surface area (Å²) >= 11 is 0. The molecule has 18 heavy (non-hydrogen) atoms. The second-order valence-electron chi connectivity index (χ2n) is 7.43. The predicted molar refractivity (Wildman–Crippen MR) is 80.1 cm³/mol. The Kier molecular flexibility index (Phi) is 5.22. The molecule has 3 heteroatoms. The van der Waals surface area contributed by atoms with E-state index in [0.29, 0.717) is 17.0 Å². The Bertz CT molecular complexity index is 247. The van der Waals surface area contributed by atoms with Crippen molar-refractivity contribution in [2.45, 2.75) is 53.1 Å². The van der Waals surface area contributed by atoms with E-state index in [9.17, 15) is 0 Å². The van der Waals surface area contributed by atoms with Crippen LogP contribution >= 0.6 is 0 Å². The molecular weight excluding hydrogens is 222 g/mol. The first-order chi connectivity index (χ1) is 8.16. The van der Waals surface area contributed by atoms with Gasteiger partial charge in [0.2, 0.25) is 0 Å². The lowest BCUT2D eigenvalue weighted by atomic mass is 9.84. The van der Waals surface area contributed by atoms with Crippen LogP contribution in [0.3, 0.4) is 0 Å². The highest BCUT2D eigenvalue weighted by Crippen LogP contribution is 2.23. The Morgan fingerprint density at radius 1 is 1.00 bits per heavy atom. The molecule has 0 aromatic heterocycles. The third-order valence-electron chi connectivity index (χ3n) is 4.56. The molecule has 0 saturated carbocycles. The molecule has 1 unspecified atom stereocenters. The van der Waals surface area contributed by atoms with Gasteiger partial charge < -0.3 is 10.2 Å². The van der Waals surface area contributed by atoms with E-state index in [2.05, 4.69) is 63.7 Å². The van der Waals surface area contributed by atoms with Crippen LogP contribution in [0.2, 0.25) is 0 Å². The van der Waals surface area contributed by atoms with Crippen LogP contribution in [-0.4, -0.2) is 61.2 Å². The lowest BCUT2D eigenvalue weighted by Gasteiger charge is -2.45. The Balaban J connectivity index is 2.45. The van der Waals surface area contributed by atoms with Gasteiger partial charge in [0.05, 0.1) is 0 Å². The molecule has 0 aliphatic carbocycles. The molecule has 1 rings (SSSR count). The van der Waals surface area contributed by atoms with E-state index in [0.717, 1.165) is 0 Å². The molecule has 1 fully saturated rings. The summed E-state index contributed by atoms with van der Waals surface area (Å²) in [6.07, 6.45) is 0. The summed E-state index contributed by atoms with van der Waals surface area (Å²) in [6.45, 7) is 20.0. The number of nitrogens with one attached hydrogen (secondary N) is 1. The molecule has 3 nitrogen and oxygen atoms in total. The number of hydrogen-bond donors (Lipinski definition) is 1. The molecule has 1 atom stereocenters. The van der Waals surface area contributed by atoms with Crippen LogP contribution in [0.1, 0.15) is 41.5 Å². The molecule has 0 bridgehead atoms. The van der Waals surface area contributed by atoms with Crippen LogP contribution in [0, 0.1) is 5.41 Å². The van der Waals surface area contributed by atoms with Crippen molar-refractivity contribution in [2.24, 2.45) is 5.41 Å². The molecule has 108 valence electrons. The van der Waals surface area contributed by atoms with Gasteiger partial charge in [-0.1, -0.05) is 13.8 Å². The van der Waals surface area contributed by atoms with Crippen LogP contribution in [-0.2, 0) is 0 Å². The van der Waals surface area contributed by atoms with Crippen molar-refractivity contribution in [1.82, 2.24) is 15.1 Å². The molecule has 1 saturated heterocycles. The van der Waals surface area contributed by atoms with Crippen LogP contribution in [0.5, 0.6) is 0 Å². The van der Waals surface area contributed by atoms with E-state index < -0.39 is 0 Å². The van der Waals surface area contributed by atoms with E-state index in [1.165, 1.54) is 32.7 Å².